The highest BCUT2D eigenvalue weighted by molar-refractivity contribution is 6.30. The molecule has 1 amide bonds. The molecular formula is C22H16ClN3O2. The normalized spacial score (nSPS) is 14.2. The fraction of sp³-hybridized carbons (Fsp3) is 0.136. The van der Waals surface area contributed by atoms with Crippen LogP contribution in [0.1, 0.15) is 22.2 Å². The molecule has 3 aromatic carbocycles. The third kappa shape index (κ3) is 3.04. The molecule has 0 N–H and O–H groups in total. The second-order valence-electron chi connectivity index (χ2n) is 6.94. The van der Waals surface area contributed by atoms with Gasteiger partial charge in [-0.05, 0) is 35.0 Å². The van der Waals surface area contributed by atoms with Crippen LogP contribution in [0.2, 0.25) is 5.02 Å². The largest absolute Gasteiger partial charge is 0.339 e. The zero-order valence-electron chi connectivity index (χ0n) is 14.9. The van der Waals surface area contributed by atoms with Crippen molar-refractivity contribution in [3.05, 3.63) is 83.2 Å². The van der Waals surface area contributed by atoms with Gasteiger partial charge in [-0.25, -0.2) is 0 Å². The zero-order valence-corrected chi connectivity index (χ0v) is 15.6. The lowest BCUT2D eigenvalue weighted by Gasteiger charge is -2.37. The minimum Gasteiger partial charge on any atom is -0.339 e. The minimum absolute atomic E-state index is 0.0246. The molecule has 138 valence electrons. The number of amides is 1. The number of hydrogen-bond donors (Lipinski definition) is 0. The van der Waals surface area contributed by atoms with Crippen LogP contribution >= 0.6 is 11.6 Å². The van der Waals surface area contributed by atoms with Gasteiger partial charge in [0.1, 0.15) is 0 Å². The van der Waals surface area contributed by atoms with Crippen molar-refractivity contribution in [3.8, 4) is 11.4 Å². The van der Waals surface area contributed by atoms with Gasteiger partial charge in [0.15, 0.2) is 0 Å². The first-order chi connectivity index (χ1) is 13.7. The van der Waals surface area contributed by atoms with Gasteiger partial charge in [0.05, 0.1) is 5.92 Å². The third-order valence-electron chi connectivity index (χ3n) is 5.04. The number of hydrogen-bond acceptors (Lipinski definition) is 4. The molecule has 5 nitrogen and oxygen atoms in total. The zero-order chi connectivity index (χ0) is 19.1. The first-order valence-electron chi connectivity index (χ1n) is 9.05. The van der Waals surface area contributed by atoms with E-state index in [1.807, 2.05) is 54.6 Å². The molecular weight excluding hydrogens is 374 g/mol. The summed E-state index contributed by atoms with van der Waals surface area (Å²) in [5.74, 6) is 1.15. The Balaban J connectivity index is 1.28. The number of nitrogens with zero attached hydrogens (tertiary/aromatic N) is 3. The lowest BCUT2D eigenvalue weighted by atomic mass is 9.98. The number of carbonyl (C=O) groups excluding carboxylic acids is 1. The van der Waals surface area contributed by atoms with Crippen molar-refractivity contribution < 1.29 is 9.32 Å². The highest BCUT2D eigenvalue weighted by Crippen LogP contribution is 2.30. The summed E-state index contributed by atoms with van der Waals surface area (Å²) in [5, 5.41) is 6.86. The van der Waals surface area contributed by atoms with Crippen molar-refractivity contribution >= 4 is 28.3 Å². The maximum Gasteiger partial charge on any atom is 0.253 e. The highest BCUT2D eigenvalue weighted by atomic mass is 35.5. The number of benzene rings is 3. The van der Waals surface area contributed by atoms with Gasteiger partial charge in [-0.1, -0.05) is 59.2 Å². The fourth-order valence-corrected chi connectivity index (χ4v) is 3.64. The highest BCUT2D eigenvalue weighted by Gasteiger charge is 2.36. The van der Waals surface area contributed by atoms with E-state index >= 15 is 0 Å². The van der Waals surface area contributed by atoms with E-state index < -0.39 is 0 Å². The summed E-state index contributed by atoms with van der Waals surface area (Å²) in [6, 6.07) is 21.1. The van der Waals surface area contributed by atoms with Crippen molar-refractivity contribution in [1.29, 1.82) is 0 Å². The molecule has 0 unspecified atom stereocenters. The molecule has 0 atom stereocenters. The number of rotatable bonds is 3. The average Bonchev–Trinajstić information content (AvgIpc) is 3.16. The summed E-state index contributed by atoms with van der Waals surface area (Å²) in [6.45, 7) is 1.14. The van der Waals surface area contributed by atoms with E-state index in [2.05, 4.69) is 10.1 Å². The number of likely N-dealkylation sites (tertiary alicyclic amines) is 1. The Hall–Kier alpha value is -3.18. The molecule has 1 aromatic heterocycles. The quantitative estimate of drug-likeness (QED) is 0.505. The number of aromatic nitrogens is 2. The van der Waals surface area contributed by atoms with Crippen molar-refractivity contribution in [1.82, 2.24) is 15.0 Å². The van der Waals surface area contributed by atoms with Gasteiger partial charge in [-0.15, -0.1) is 0 Å². The lowest BCUT2D eigenvalue weighted by molar-refractivity contribution is 0.0569. The van der Waals surface area contributed by atoms with Gasteiger partial charge >= 0.3 is 0 Å². The van der Waals surface area contributed by atoms with Crippen LogP contribution < -0.4 is 0 Å². The van der Waals surface area contributed by atoms with Crippen molar-refractivity contribution in [2.45, 2.75) is 5.92 Å². The molecule has 1 fully saturated rings. The van der Waals surface area contributed by atoms with Gasteiger partial charge in [0, 0.05) is 29.2 Å². The fourth-order valence-electron chi connectivity index (χ4n) is 3.45. The molecule has 2 heterocycles. The molecule has 5 rings (SSSR count). The summed E-state index contributed by atoms with van der Waals surface area (Å²) in [6.07, 6.45) is 0. The number of halogens is 1. The van der Waals surface area contributed by atoms with Crippen molar-refractivity contribution in [3.63, 3.8) is 0 Å². The Morgan fingerprint density at radius 2 is 1.82 bits per heavy atom. The summed E-state index contributed by atoms with van der Waals surface area (Å²) in [5.41, 5.74) is 1.51. The number of carbonyl (C=O) groups is 1. The Bertz CT molecular complexity index is 1180. The molecule has 6 heteroatoms. The first kappa shape index (κ1) is 17.0. The molecule has 0 aliphatic carbocycles. The minimum atomic E-state index is 0.0246. The predicted octanol–water partition coefficient (Wildman–Crippen LogP) is 4.78. The summed E-state index contributed by atoms with van der Waals surface area (Å²) >= 11 is 6.02. The first-order valence-corrected chi connectivity index (χ1v) is 9.43. The van der Waals surface area contributed by atoms with Crippen LogP contribution in [0.25, 0.3) is 22.2 Å². The third-order valence-corrected chi connectivity index (χ3v) is 5.27. The van der Waals surface area contributed by atoms with Crippen LogP contribution in [0.4, 0.5) is 0 Å². The second-order valence-corrected chi connectivity index (χ2v) is 7.37. The second kappa shape index (κ2) is 6.77. The monoisotopic (exact) mass is 389 g/mol. The SMILES string of the molecule is O=C(c1ccc2ccccc2c1)N1CC(c2nc(-c3cccc(Cl)c3)no2)C1. The van der Waals surface area contributed by atoms with E-state index in [0.717, 1.165) is 16.3 Å². The Morgan fingerprint density at radius 1 is 1.00 bits per heavy atom. The van der Waals surface area contributed by atoms with Crippen LogP contribution in [0.15, 0.2) is 71.3 Å². The van der Waals surface area contributed by atoms with Crippen LogP contribution in [0.5, 0.6) is 0 Å². The van der Waals surface area contributed by atoms with Crippen molar-refractivity contribution in [2.75, 3.05) is 13.1 Å². The Kier molecular flexibility index (Phi) is 4.10. The summed E-state index contributed by atoms with van der Waals surface area (Å²) < 4.78 is 5.41. The van der Waals surface area contributed by atoms with Gasteiger partial charge in [0.2, 0.25) is 11.7 Å². The van der Waals surface area contributed by atoms with Crippen LogP contribution in [0, 0.1) is 0 Å². The van der Waals surface area contributed by atoms with E-state index in [4.69, 9.17) is 16.1 Å². The van der Waals surface area contributed by atoms with Gasteiger partial charge < -0.3 is 9.42 Å². The number of fused-ring (bicyclic) bond motifs is 1. The lowest BCUT2D eigenvalue weighted by Crippen LogP contribution is -2.48. The molecule has 1 aliphatic heterocycles. The maximum absolute atomic E-state index is 12.8. The van der Waals surface area contributed by atoms with Crippen LogP contribution in [-0.4, -0.2) is 34.0 Å². The Morgan fingerprint density at radius 3 is 2.64 bits per heavy atom. The summed E-state index contributed by atoms with van der Waals surface area (Å²) in [4.78, 5) is 19.0. The molecule has 1 saturated heterocycles. The Labute approximate surface area is 166 Å². The van der Waals surface area contributed by atoms with E-state index in [-0.39, 0.29) is 11.8 Å². The maximum atomic E-state index is 12.8. The molecule has 1 aliphatic rings. The van der Waals surface area contributed by atoms with Gasteiger partial charge in [-0.2, -0.15) is 4.98 Å². The van der Waals surface area contributed by atoms with E-state index in [0.29, 0.717) is 35.4 Å². The van der Waals surface area contributed by atoms with Crippen LogP contribution in [0.3, 0.4) is 0 Å². The molecule has 28 heavy (non-hydrogen) atoms. The predicted molar refractivity (Wildman–Crippen MR) is 107 cm³/mol. The molecule has 0 saturated carbocycles. The summed E-state index contributed by atoms with van der Waals surface area (Å²) in [7, 11) is 0. The van der Waals surface area contributed by atoms with Gasteiger partial charge in [0.25, 0.3) is 5.91 Å². The van der Waals surface area contributed by atoms with E-state index in [1.165, 1.54) is 0 Å². The van der Waals surface area contributed by atoms with Gasteiger partial charge in [-0.3, -0.25) is 4.79 Å². The van der Waals surface area contributed by atoms with Crippen molar-refractivity contribution in [2.24, 2.45) is 0 Å². The van der Waals surface area contributed by atoms with E-state index in [9.17, 15) is 4.79 Å². The molecule has 0 spiro atoms. The topological polar surface area (TPSA) is 59.2 Å². The molecule has 0 radical (unpaired) electrons. The standard InChI is InChI=1S/C22H16ClN3O2/c23-19-7-3-6-16(11-19)20-24-21(28-25-20)18-12-26(13-18)22(27)17-9-8-14-4-1-2-5-15(14)10-17/h1-11,18H,12-13H2. The smallest absolute Gasteiger partial charge is 0.253 e. The van der Waals surface area contributed by atoms with Crippen LogP contribution in [-0.2, 0) is 0 Å². The van der Waals surface area contributed by atoms with E-state index in [1.54, 1.807) is 17.0 Å². The molecule has 0 bridgehead atoms. The molecule has 4 aromatic rings. The average molecular weight is 390 g/mol.